The number of hydrogen-bond acceptors (Lipinski definition) is 6. The van der Waals surface area contributed by atoms with Gasteiger partial charge in [0.2, 0.25) is 5.91 Å². The summed E-state index contributed by atoms with van der Waals surface area (Å²) in [6.07, 6.45) is 0. The minimum Gasteiger partial charge on any atom is -0.494 e. The number of thioether (sulfide) groups is 1. The van der Waals surface area contributed by atoms with Gasteiger partial charge in [0.1, 0.15) is 18.1 Å². The molecule has 0 aliphatic heterocycles. The number of carbonyl (C=O) groups excluding carboxylic acids is 1. The van der Waals surface area contributed by atoms with Crippen LogP contribution in [0.15, 0.2) is 53.7 Å². The van der Waals surface area contributed by atoms with Crippen molar-refractivity contribution in [2.75, 3.05) is 12.4 Å². The number of rotatable bonds is 9. The molecule has 0 aliphatic rings. The molecule has 32 heavy (non-hydrogen) atoms. The van der Waals surface area contributed by atoms with E-state index < -0.39 is 0 Å². The molecule has 0 saturated carbocycles. The van der Waals surface area contributed by atoms with Gasteiger partial charge in [0.25, 0.3) is 0 Å². The predicted octanol–water partition coefficient (Wildman–Crippen LogP) is 4.91. The van der Waals surface area contributed by atoms with Crippen LogP contribution < -0.4 is 14.8 Å². The van der Waals surface area contributed by atoms with Crippen LogP contribution in [0.4, 0.5) is 0 Å². The summed E-state index contributed by atoms with van der Waals surface area (Å²) in [6, 6.07) is 14.8. The van der Waals surface area contributed by atoms with E-state index in [1.807, 2.05) is 68.7 Å². The van der Waals surface area contributed by atoms with Gasteiger partial charge in [-0.2, -0.15) is 0 Å². The predicted molar refractivity (Wildman–Crippen MR) is 127 cm³/mol. The van der Waals surface area contributed by atoms with Gasteiger partial charge in [0, 0.05) is 16.2 Å². The Labute approximate surface area is 197 Å². The molecule has 0 aliphatic carbocycles. The lowest BCUT2D eigenvalue weighted by Crippen LogP contribution is -2.41. The largest absolute Gasteiger partial charge is 0.494 e. The molecular formula is C23H27ClN4O3S. The normalized spacial score (nSPS) is 11.3. The van der Waals surface area contributed by atoms with Crippen LogP contribution in [0.2, 0.25) is 5.02 Å². The fraction of sp³-hybridized carbons (Fsp3) is 0.348. The van der Waals surface area contributed by atoms with Crippen LogP contribution in [0.1, 0.15) is 33.5 Å². The van der Waals surface area contributed by atoms with Gasteiger partial charge in [0.15, 0.2) is 11.0 Å². The average Bonchev–Trinajstić information content (AvgIpc) is 3.14. The highest BCUT2D eigenvalue weighted by Gasteiger charge is 2.18. The van der Waals surface area contributed by atoms with Crippen molar-refractivity contribution in [2.24, 2.45) is 0 Å². The van der Waals surface area contributed by atoms with E-state index in [2.05, 4.69) is 15.5 Å². The van der Waals surface area contributed by atoms with Gasteiger partial charge < -0.3 is 14.8 Å². The van der Waals surface area contributed by atoms with Gasteiger partial charge in [0.05, 0.1) is 12.4 Å². The van der Waals surface area contributed by atoms with E-state index in [1.165, 1.54) is 11.8 Å². The third kappa shape index (κ3) is 6.90. The fourth-order valence-corrected chi connectivity index (χ4v) is 3.76. The van der Waals surface area contributed by atoms with E-state index >= 15 is 0 Å². The second kappa shape index (κ2) is 10.7. The zero-order valence-corrected chi connectivity index (χ0v) is 20.2. The maximum Gasteiger partial charge on any atom is 0.230 e. The minimum atomic E-state index is -0.293. The maximum absolute atomic E-state index is 12.3. The highest BCUT2D eigenvalue weighted by molar-refractivity contribution is 7.99. The molecule has 1 N–H and O–H groups in total. The highest BCUT2D eigenvalue weighted by atomic mass is 35.5. The number of nitrogens with zero attached hydrogens (tertiary/aromatic N) is 3. The van der Waals surface area contributed by atoms with Crippen molar-refractivity contribution in [2.45, 2.75) is 45.0 Å². The van der Waals surface area contributed by atoms with Gasteiger partial charge in [-0.3, -0.25) is 9.36 Å². The van der Waals surface area contributed by atoms with Crippen LogP contribution in [-0.2, 0) is 11.4 Å². The van der Waals surface area contributed by atoms with Crippen LogP contribution in [-0.4, -0.2) is 38.6 Å². The van der Waals surface area contributed by atoms with Crippen molar-refractivity contribution in [1.29, 1.82) is 0 Å². The first-order valence-corrected chi connectivity index (χ1v) is 11.6. The molecule has 0 spiro atoms. The first kappa shape index (κ1) is 23.9. The molecule has 7 nitrogen and oxygen atoms in total. The second-order valence-electron chi connectivity index (χ2n) is 7.99. The van der Waals surface area contributed by atoms with Crippen molar-refractivity contribution in [1.82, 2.24) is 20.1 Å². The lowest BCUT2D eigenvalue weighted by atomic mass is 10.1. The number of benzene rings is 2. The van der Waals surface area contributed by atoms with Crippen LogP contribution >= 0.6 is 23.4 Å². The summed E-state index contributed by atoms with van der Waals surface area (Å²) in [6.45, 7) is 8.60. The number of carbonyl (C=O) groups is 1. The SMILES string of the molecule is CCOc1ccc(OCc2nnc(SCC(=O)NC(C)(C)C)n2-c2ccc(Cl)cc2)cc1. The zero-order chi connectivity index (χ0) is 23.1. The summed E-state index contributed by atoms with van der Waals surface area (Å²) in [7, 11) is 0. The Balaban J connectivity index is 1.77. The Bertz CT molecular complexity index is 1030. The van der Waals surface area contributed by atoms with E-state index in [0.717, 1.165) is 11.4 Å². The molecule has 9 heteroatoms. The van der Waals surface area contributed by atoms with Gasteiger partial charge in [-0.15, -0.1) is 10.2 Å². The quantitative estimate of drug-likeness (QED) is 0.444. The van der Waals surface area contributed by atoms with Crippen molar-refractivity contribution in [3.63, 3.8) is 0 Å². The first-order valence-electron chi connectivity index (χ1n) is 10.2. The Morgan fingerprint density at radius 1 is 1.03 bits per heavy atom. The van der Waals surface area contributed by atoms with Crippen LogP contribution in [0.25, 0.3) is 5.69 Å². The van der Waals surface area contributed by atoms with Gasteiger partial charge in [-0.25, -0.2) is 0 Å². The third-order valence-corrected chi connectivity index (χ3v) is 5.32. The number of halogens is 1. The van der Waals surface area contributed by atoms with E-state index in [0.29, 0.717) is 28.4 Å². The summed E-state index contributed by atoms with van der Waals surface area (Å²) in [5, 5.41) is 12.8. The molecule has 3 aromatic rings. The van der Waals surface area contributed by atoms with Crippen molar-refractivity contribution < 1.29 is 14.3 Å². The number of amides is 1. The van der Waals surface area contributed by atoms with Crippen molar-refractivity contribution in [3.05, 3.63) is 59.4 Å². The number of ether oxygens (including phenoxy) is 2. The molecule has 0 bridgehead atoms. The van der Waals surface area contributed by atoms with Crippen LogP contribution in [0.3, 0.4) is 0 Å². The maximum atomic E-state index is 12.3. The summed E-state index contributed by atoms with van der Waals surface area (Å²) in [4.78, 5) is 12.3. The van der Waals surface area contributed by atoms with Crippen molar-refractivity contribution >= 4 is 29.3 Å². The molecule has 170 valence electrons. The van der Waals surface area contributed by atoms with E-state index in [1.54, 1.807) is 12.1 Å². The van der Waals surface area contributed by atoms with Crippen molar-refractivity contribution in [3.8, 4) is 17.2 Å². The number of nitrogens with one attached hydrogen (secondary N) is 1. The smallest absolute Gasteiger partial charge is 0.230 e. The lowest BCUT2D eigenvalue weighted by molar-refractivity contribution is -0.119. The van der Waals surface area contributed by atoms with E-state index in [4.69, 9.17) is 21.1 Å². The van der Waals surface area contributed by atoms with Crippen LogP contribution in [0.5, 0.6) is 11.5 Å². The fourth-order valence-electron chi connectivity index (χ4n) is 2.87. The minimum absolute atomic E-state index is 0.0691. The molecule has 0 unspecified atom stereocenters. The Morgan fingerprint density at radius 2 is 1.66 bits per heavy atom. The van der Waals surface area contributed by atoms with Gasteiger partial charge in [-0.1, -0.05) is 23.4 Å². The molecule has 1 aromatic heterocycles. The summed E-state index contributed by atoms with van der Waals surface area (Å²) in [5.41, 5.74) is 0.543. The summed E-state index contributed by atoms with van der Waals surface area (Å²) < 4.78 is 13.3. The van der Waals surface area contributed by atoms with E-state index in [-0.39, 0.29) is 23.8 Å². The molecule has 2 aromatic carbocycles. The molecule has 1 heterocycles. The van der Waals surface area contributed by atoms with Gasteiger partial charge >= 0.3 is 0 Å². The highest BCUT2D eigenvalue weighted by Crippen LogP contribution is 2.25. The van der Waals surface area contributed by atoms with Crippen LogP contribution in [0, 0.1) is 0 Å². The zero-order valence-electron chi connectivity index (χ0n) is 18.6. The molecule has 0 atom stereocenters. The second-order valence-corrected chi connectivity index (χ2v) is 9.37. The Kier molecular flexibility index (Phi) is 8.04. The molecule has 3 rings (SSSR count). The van der Waals surface area contributed by atoms with E-state index in [9.17, 15) is 4.79 Å². The third-order valence-electron chi connectivity index (χ3n) is 4.13. The average molecular weight is 475 g/mol. The first-order chi connectivity index (χ1) is 15.2. The molecule has 0 radical (unpaired) electrons. The monoisotopic (exact) mass is 474 g/mol. The van der Waals surface area contributed by atoms with Gasteiger partial charge in [-0.05, 0) is 76.2 Å². The Hall–Kier alpha value is -2.71. The summed E-state index contributed by atoms with van der Waals surface area (Å²) in [5.74, 6) is 2.25. The number of aromatic nitrogens is 3. The Morgan fingerprint density at radius 3 is 2.25 bits per heavy atom. The summed E-state index contributed by atoms with van der Waals surface area (Å²) >= 11 is 7.38. The molecule has 1 amide bonds. The molecular weight excluding hydrogens is 448 g/mol. The molecule has 0 fully saturated rings. The number of hydrogen-bond donors (Lipinski definition) is 1. The topological polar surface area (TPSA) is 78.3 Å². The standard InChI is InChI=1S/C23H27ClN4O3S/c1-5-30-18-10-12-19(13-11-18)31-14-20-26-27-22(32-15-21(29)25-23(2,3)4)28(20)17-8-6-16(24)7-9-17/h6-13H,5,14-15H2,1-4H3,(H,25,29). The molecule has 0 saturated heterocycles. The lowest BCUT2D eigenvalue weighted by Gasteiger charge is -2.20.